The van der Waals surface area contributed by atoms with Crippen LogP contribution >= 0.6 is 0 Å². The lowest BCUT2D eigenvalue weighted by Gasteiger charge is -2.18. The molecule has 0 bridgehead atoms. The van der Waals surface area contributed by atoms with Crippen molar-refractivity contribution in [1.82, 2.24) is 9.80 Å². The summed E-state index contributed by atoms with van der Waals surface area (Å²) in [5.74, 6) is 0.542. The predicted octanol–water partition coefficient (Wildman–Crippen LogP) is 3.73. The van der Waals surface area contributed by atoms with Gasteiger partial charge in [-0.05, 0) is 64.0 Å². The molecule has 1 heterocycles. The quantitative estimate of drug-likeness (QED) is 0.592. The van der Waals surface area contributed by atoms with Crippen LogP contribution in [0.25, 0.3) is 0 Å². The standard InChI is InChI=1S/C18H32N2/c1-6-19(5)14-11-18(4)17(3)10-9-16(2)15-20-12-7-8-13-20/h9-10,18H,2-3,6-8,11-15H2,1,4-5H3/b10-9-. The lowest BCUT2D eigenvalue weighted by atomic mass is 9.98. The minimum atomic E-state index is 0.542. The largest absolute Gasteiger partial charge is 0.307 e. The maximum atomic E-state index is 4.20. The van der Waals surface area contributed by atoms with Crippen LogP contribution in [0.3, 0.4) is 0 Å². The number of likely N-dealkylation sites (tertiary alicyclic amines) is 1. The van der Waals surface area contributed by atoms with Crippen molar-refractivity contribution < 1.29 is 0 Å². The van der Waals surface area contributed by atoms with Gasteiger partial charge in [0, 0.05) is 6.54 Å². The smallest absolute Gasteiger partial charge is 0.0227 e. The summed E-state index contributed by atoms with van der Waals surface area (Å²) in [5, 5.41) is 0. The van der Waals surface area contributed by atoms with Crippen LogP contribution in [0, 0.1) is 5.92 Å². The first-order valence-electron chi connectivity index (χ1n) is 7.98. The first-order valence-corrected chi connectivity index (χ1v) is 7.98. The molecule has 1 fully saturated rings. The van der Waals surface area contributed by atoms with Crippen LogP contribution in [-0.4, -0.2) is 49.6 Å². The third-order valence-corrected chi connectivity index (χ3v) is 4.28. The maximum absolute atomic E-state index is 4.20. The molecule has 20 heavy (non-hydrogen) atoms. The summed E-state index contributed by atoms with van der Waals surface area (Å²) in [6, 6.07) is 0. The molecule has 0 N–H and O–H groups in total. The molecule has 1 aliphatic heterocycles. The van der Waals surface area contributed by atoms with E-state index in [4.69, 9.17) is 0 Å². The molecular weight excluding hydrogens is 244 g/mol. The third-order valence-electron chi connectivity index (χ3n) is 4.28. The molecule has 114 valence electrons. The summed E-state index contributed by atoms with van der Waals surface area (Å²) in [5.41, 5.74) is 2.42. The van der Waals surface area contributed by atoms with E-state index < -0.39 is 0 Å². The van der Waals surface area contributed by atoms with E-state index in [1.807, 2.05) is 0 Å². The topological polar surface area (TPSA) is 6.48 Å². The van der Waals surface area contributed by atoms with E-state index >= 15 is 0 Å². The van der Waals surface area contributed by atoms with Gasteiger partial charge in [0.25, 0.3) is 0 Å². The zero-order valence-corrected chi connectivity index (χ0v) is 13.7. The van der Waals surface area contributed by atoms with E-state index in [-0.39, 0.29) is 0 Å². The molecule has 0 aliphatic carbocycles. The SMILES string of the molecule is C=C(/C=C\C(=C)C(C)CCN(C)CC)CN1CCCC1. The Morgan fingerprint density at radius 1 is 1.25 bits per heavy atom. The van der Waals surface area contributed by atoms with Gasteiger partial charge in [0.1, 0.15) is 0 Å². The number of hydrogen-bond acceptors (Lipinski definition) is 2. The van der Waals surface area contributed by atoms with Crippen LogP contribution in [0.4, 0.5) is 0 Å². The Morgan fingerprint density at radius 3 is 2.50 bits per heavy atom. The highest BCUT2D eigenvalue weighted by Gasteiger charge is 2.11. The molecule has 0 aromatic heterocycles. The molecule has 0 aromatic rings. The van der Waals surface area contributed by atoms with Gasteiger partial charge in [-0.15, -0.1) is 0 Å². The summed E-state index contributed by atoms with van der Waals surface area (Å²) in [7, 11) is 2.17. The average molecular weight is 276 g/mol. The van der Waals surface area contributed by atoms with Crippen molar-refractivity contribution >= 4 is 0 Å². The van der Waals surface area contributed by atoms with Crippen molar-refractivity contribution in [3.8, 4) is 0 Å². The van der Waals surface area contributed by atoms with Crippen molar-refractivity contribution in [1.29, 1.82) is 0 Å². The van der Waals surface area contributed by atoms with Crippen LogP contribution in [0.15, 0.2) is 36.5 Å². The monoisotopic (exact) mass is 276 g/mol. The molecule has 0 amide bonds. The Hall–Kier alpha value is -0.860. The summed E-state index contributed by atoms with van der Waals surface area (Å²) in [4.78, 5) is 4.83. The molecule has 2 nitrogen and oxygen atoms in total. The van der Waals surface area contributed by atoms with Crippen molar-refractivity contribution in [3.63, 3.8) is 0 Å². The lowest BCUT2D eigenvalue weighted by molar-refractivity contribution is 0.331. The summed E-state index contributed by atoms with van der Waals surface area (Å²) in [6.45, 7) is 18.5. The third kappa shape index (κ3) is 6.53. The molecular formula is C18H32N2. The second-order valence-electron chi connectivity index (χ2n) is 6.14. The molecule has 1 saturated heterocycles. The molecule has 1 unspecified atom stereocenters. The van der Waals surface area contributed by atoms with Crippen LogP contribution in [0.1, 0.15) is 33.1 Å². The fourth-order valence-corrected chi connectivity index (χ4v) is 2.43. The fourth-order valence-electron chi connectivity index (χ4n) is 2.43. The Kier molecular flexibility index (Phi) is 7.86. The van der Waals surface area contributed by atoms with Gasteiger partial charge in [0.05, 0.1) is 0 Å². The molecule has 1 atom stereocenters. The fraction of sp³-hybridized carbons (Fsp3) is 0.667. The van der Waals surface area contributed by atoms with Gasteiger partial charge >= 0.3 is 0 Å². The number of rotatable bonds is 9. The van der Waals surface area contributed by atoms with E-state index in [2.05, 4.69) is 56.0 Å². The van der Waals surface area contributed by atoms with Crippen molar-refractivity contribution in [2.24, 2.45) is 5.92 Å². The molecule has 1 rings (SSSR count). The van der Waals surface area contributed by atoms with Crippen molar-refractivity contribution in [3.05, 3.63) is 36.5 Å². The van der Waals surface area contributed by atoms with Crippen molar-refractivity contribution in [2.75, 3.05) is 39.8 Å². The highest BCUT2D eigenvalue weighted by atomic mass is 15.1. The van der Waals surface area contributed by atoms with Crippen LogP contribution in [-0.2, 0) is 0 Å². The van der Waals surface area contributed by atoms with Crippen LogP contribution < -0.4 is 0 Å². The zero-order valence-electron chi connectivity index (χ0n) is 13.7. The second-order valence-corrected chi connectivity index (χ2v) is 6.14. The minimum absolute atomic E-state index is 0.542. The molecule has 2 heteroatoms. The summed E-state index contributed by atoms with van der Waals surface area (Å²) in [6.07, 6.45) is 8.17. The Morgan fingerprint density at radius 2 is 1.90 bits per heavy atom. The number of hydrogen-bond donors (Lipinski definition) is 0. The van der Waals surface area contributed by atoms with Gasteiger partial charge in [0.15, 0.2) is 0 Å². The van der Waals surface area contributed by atoms with Crippen LogP contribution in [0.5, 0.6) is 0 Å². The van der Waals surface area contributed by atoms with Crippen LogP contribution in [0.2, 0.25) is 0 Å². The van der Waals surface area contributed by atoms with Gasteiger partial charge in [0.2, 0.25) is 0 Å². The van der Waals surface area contributed by atoms with Gasteiger partial charge in [-0.2, -0.15) is 0 Å². The highest BCUT2D eigenvalue weighted by Crippen LogP contribution is 2.16. The van der Waals surface area contributed by atoms with Gasteiger partial charge in [-0.3, -0.25) is 4.90 Å². The first-order chi connectivity index (χ1) is 9.52. The van der Waals surface area contributed by atoms with E-state index in [1.165, 1.54) is 43.5 Å². The Labute approximate surface area is 125 Å². The van der Waals surface area contributed by atoms with E-state index in [1.54, 1.807) is 0 Å². The Bertz CT molecular complexity index is 337. The average Bonchev–Trinajstić information content (AvgIpc) is 2.94. The van der Waals surface area contributed by atoms with E-state index in [9.17, 15) is 0 Å². The Balaban J connectivity index is 2.28. The normalized spacial score (nSPS) is 18.0. The van der Waals surface area contributed by atoms with Gasteiger partial charge < -0.3 is 4.90 Å². The number of nitrogens with zero attached hydrogens (tertiary/aromatic N) is 2. The van der Waals surface area contributed by atoms with Gasteiger partial charge in [-0.1, -0.05) is 44.7 Å². The van der Waals surface area contributed by atoms with E-state index in [0.29, 0.717) is 5.92 Å². The van der Waals surface area contributed by atoms with E-state index in [0.717, 1.165) is 19.6 Å². The summed E-state index contributed by atoms with van der Waals surface area (Å²) < 4.78 is 0. The molecule has 1 aliphatic rings. The summed E-state index contributed by atoms with van der Waals surface area (Å²) >= 11 is 0. The second kappa shape index (κ2) is 9.15. The molecule has 0 spiro atoms. The van der Waals surface area contributed by atoms with Gasteiger partial charge in [-0.25, -0.2) is 0 Å². The molecule has 0 radical (unpaired) electrons. The zero-order chi connectivity index (χ0) is 15.0. The first kappa shape index (κ1) is 17.2. The number of allylic oxidation sites excluding steroid dienone is 2. The highest BCUT2D eigenvalue weighted by molar-refractivity contribution is 5.26. The minimum Gasteiger partial charge on any atom is -0.307 e. The lowest BCUT2D eigenvalue weighted by Crippen LogP contribution is -2.21. The van der Waals surface area contributed by atoms with Crippen molar-refractivity contribution in [2.45, 2.75) is 33.1 Å². The molecule has 0 saturated carbocycles. The molecule has 0 aromatic carbocycles. The maximum Gasteiger partial charge on any atom is 0.0227 e. The predicted molar refractivity (Wildman–Crippen MR) is 90.0 cm³/mol.